The van der Waals surface area contributed by atoms with Crippen molar-refractivity contribution in [2.45, 2.75) is 6.54 Å². The first-order valence-electron chi connectivity index (χ1n) is 4.56. The van der Waals surface area contributed by atoms with Gasteiger partial charge in [-0.25, -0.2) is 4.98 Å². The van der Waals surface area contributed by atoms with Crippen LogP contribution in [0.4, 0.5) is 0 Å². The molecule has 0 aromatic carbocycles. The van der Waals surface area contributed by atoms with Crippen LogP contribution in [0.3, 0.4) is 0 Å². The summed E-state index contributed by atoms with van der Waals surface area (Å²) >= 11 is 3.20. The number of amides is 1. The highest BCUT2D eigenvalue weighted by atomic mass is 79.9. The number of carbonyl (C=O) groups is 1. The van der Waals surface area contributed by atoms with Gasteiger partial charge >= 0.3 is 0 Å². The van der Waals surface area contributed by atoms with Crippen LogP contribution in [-0.2, 0) is 6.54 Å². The topological polar surface area (TPSA) is 68.0 Å². The van der Waals surface area contributed by atoms with Gasteiger partial charge in [0.15, 0.2) is 5.76 Å². The van der Waals surface area contributed by atoms with Gasteiger partial charge in [-0.05, 0) is 28.1 Å². The summed E-state index contributed by atoms with van der Waals surface area (Å²) in [5.41, 5.74) is 0.355. The quantitative estimate of drug-likeness (QED) is 0.871. The molecule has 82 valence electrons. The maximum Gasteiger partial charge on any atom is 0.270 e. The number of nitrogens with zero attached hydrogens (tertiary/aromatic N) is 2. The summed E-state index contributed by atoms with van der Waals surface area (Å²) in [5, 5.41) is 6.21. The zero-order valence-corrected chi connectivity index (χ0v) is 9.77. The van der Waals surface area contributed by atoms with Crippen LogP contribution in [-0.4, -0.2) is 16.0 Å². The van der Waals surface area contributed by atoms with E-state index in [1.165, 1.54) is 6.20 Å². The zero-order valence-electron chi connectivity index (χ0n) is 8.18. The monoisotopic (exact) mass is 281 g/mol. The molecule has 1 amide bonds. The fourth-order valence-corrected chi connectivity index (χ4v) is 1.47. The Hall–Kier alpha value is -1.69. The largest absolute Gasteiger partial charge is 0.360 e. The minimum atomic E-state index is -0.252. The molecular formula is C10H8BrN3O2. The van der Waals surface area contributed by atoms with Gasteiger partial charge in [0.25, 0.3) is 5.91 Å². The van der Waals surface area contributed by atoms with E-state index in [4.69, 9.17) is 4.52 Å². The van der Waals surface area contributed by atoms with E-state index in [0.29, 0.717) is 22.6 Å². The lowest BCUT2D eigenvalue weighted by Gasteiger charge is -2.01. The fraction of sp³-hybridized carbons (Fsp3) is 0.100. The van der Waals surface area contributed by atoms with Gasteiger partial charge < -0.3 is 9.84 Å². The number of halogens is 1. The van der Waals surface area contributed by atoms with Gasteiger partial charge in [0.05, 0.1) is 12.7 Å². The minimum Gasteiger partial charge on any atom is -0.360 e. The molecule has 0 fully saturated rings. The van der Waals surface area contributed by atoms with Gasteiger partial charge in [-0.15, -0.1) is 0 Å². The van der Waals surface area contributed by atoms with Crippen LogP contribution in [0, 0.1) is 0 Å². The average Bonchev–Trinajstić information content (AvgIpc) is 2.78. The standard InChI is InChI=1S/C10H8BrN3O2/c11-9-3-1-2-8(14-9)10(15)12-6-7-4-5-13-16-7/h1-5H,6H2,(H,12,15). The highest BCUT2D eigenvalue weighted by Gasteiger charge is 2.07. The van der Waals surface area contributed by atoms with E-state index in [1.54, 1.807) is 24.3 Å². The molecule has 5 nitrogen and oxygen atoms in total. The van der Waals surface area contributed by atoms with Gasteiger partial charge in [0.2, 0.25) is 0 Å². The van der Waals surface area contributed by atoms with E-state index in [9.17, 15) is 4.79 Å². The van der Waals surface area contributed by atoms with Gasteiger partial charge in [0, 0.05) is 6.07 Å². The van der Waals surface area contributed by atoms with Crippen molar-refractivity contribution in [3.8, 4) is 0 Å². The van der Waals surface area contributed by atoms with E-state index < -0.39 is 0 Å². The Morgan fingerprint density at radius 2 is 2.31 bits per heavy atom. The predicted molar refractivity (Wildman–Crippen MR) is 59.6 cm³/mol. The van der Waals surface area contributed by atoms with Gasteiger partial charge in [-0.1, -0.05) is 11.2 Å². The van der Waals surface area contributed by atoms with Crippen LogP contribution in [0.1, 0.15) is 16.2 Å². The first kappa shape index (κ1) is 10.8. The Balaban J connectivity index is 1.98. The third-order valence-corrected chi connectivity index (χ3v) is 2.30. The molecule has 0 aliphatic carbocycles. The summed E-state index contributed by atoms with van der Waals surface area (Å²) in [6.07, 6.45) is 1.53. The molecule has 1 N–H and O–H groups in total. The lowest BCUT2D eigenvalue weighted by molar-refractivity contribution is 0.0942. The van der Waals surface area contributed by atoms with Crippen molar-refractivity contribution < 1.29 is 9.32 Å². The number of carbonyl (C=O) groups excluding carboxylic acids is 1. The Labute approximate surface area is 100.0 Å². The van der Waals surface area contributed by atoms with Gasteiger partial charge in [0.1, 0.15) is 10.3 Å². The van der Waals surface area contributed by atoms with Crippen LogP contribution in [0.25, 0.3) is 0 Å². The number of hydrogen-bond donors (Lipinski definition) is 1. The van der Waals surface area contributed by atoms with Crippen LogP contribution in [0.2, 0.25) is 0 Å². The molecule has 0 radical (unpaired) electrons. The molecule has 0 unspecified atom stereocenters. The van der Waals surface area contributed by atoms with Gasteiger partial charge in [-0.3, -0.25) is 4.79 Å². The highest BCUT2D eigenvalue weighted by molar-refractivity contribution is 9.10. The van der Waals surface area contributed by atoms with Crippen LogP contribution < -0.4 is 5.32 Å². The SMILES string of the molecule is O=C(NCc1ccno1)c1cccc(Br)n1. The summed E-state index contributed by atoms with van der Waals surface area (Å²) in [6, 6.07) is 6.84. The first-order valence-corrected chi connectivity index (χ1v) is 5.35. The van der Waals surface area contributed by atoms with Crippen molar-refractivity contribution in [2.75, 3.05) is 0 Å². The van der Waals surface area contributed by atoms with Crippen LogP contribution >= 0.6 is 15.9 Å². The van der Waals surface area contributed by atoms with E-state index in [1.807, 2.05) is 0 Å². The second-order valence-electron chi connectivity index (χ2n) is 3.01. The third kappa shape index (κ3) is 2.66. The number of pyridine rings is 1. The predicted octanol–water partition coefficient (Wildman–Crippen LogP) is 1.76. The lowest BCUT2D eigenvalue weighted by Crippen LogP contribution is -2.23. The van der Waals surface area contributed by atoms with Crippen molar-refractivity contribution in [3.63, 3.8) is 0 Å². The minimum absolute atomic E-state index is 0.252. The molecule has 2 heterocycles. The molecule has 0 bridgehead atoms. The Morgan fingerprint density at radius 1 is 1.44 bits per heavy atom. The summed E-state index contributed by atoms with van der Waals surface area (Å²) in [7, 11) is 0. The normalized spacial score (nSPS) is 10.1. The molecule has 0 atom stereocenters. The number of aromatic nitrogens is 2. The molecule has 2 rings (SSSR count). The van der Waals surface area contributed by atoms with Crippen molar-refractivity contribution in [3.05, 3.63) is 46.5 Å². The molecular weight excluding hydrogens is 274 g/mol. The smallest absolute Gasteiger partial charge is 0.270 e. The Bertz CT molecular complexity index is 485. The highest BCUT2D eigenvalue weighted by Crippen LogP contribution is 2.06. The van der Waals surface area contributed by atoms with Crippen molar-refractivity contribution in [1.29, 1.82) is 0 Å². The molecule has 0 spiro atoms. The molecule has 0 aliphatic rings. The first-order chi connectivity index (χ1) is 7.75. The molecule has 0 saturated carbocycles. The zero-order chi connectivity index (χ0) is 11.4. The summed E-state index contributed by atoms with van der Waals surface area (Å²) < 4.78 is 5.47. The van der Waals surface area contributed by atoms with E-state index in [0.717, 1.165) is 0 Å². The lowest BCUT2D eigenvalue weighted by atomic mass is 10.3. The molecule has 0 saturated heterocycles. The van der Waals surface area contributed by atoms with Crippen LogP contribution in [0.5, 0.6) is 0 Å². The number of nitrogens with one attached hydrogen (secondary N) is 1. The fourth-order valence-electron chi connectivity index (χ4n) is 1.13. The molecule has 2 aromatic rings. The number of rotatable bonds is 3. The van der Waals surface area contributed by atoms with Crippen molar-refractivity contribution in [1.82, 2.24) is 15.5 Å². The van der Waals surface area contributed by atoms with Crippen LogP contribution in [0.15, 0.2) is 39.6 Å². The van der Waals surface area contributed by atoms with E-state index >= 15 is 0 Å². The summed E-state index contributed by atoms with van der Waals surface area (Å²) in [5.74, 6) is 0.348. The third-order valence-electron chi connectivity index (χ3n) is 1.86. The van der Waals surface area contributed by atoms with Gasteiger partial charge in [-0.2, -0.15) is 0 Å². The maximum atomic E-state index is 11.6. The molecule has 6 heteroatoms. The second-order valence-corrected chi connectivity index (χ2v) is 3.82. The molecule has 16 heavy (non-hydrogen) atoms. The van der Waals surface area contributed by atoms with E-state index in [-0.39, 0.29) is 5.91 Å². The molecule has 0 aliphatic heterocycles. The second kappa shape index (κ2) is 4.89. The Kier molecular flexibility index (Phi) is 3.31. The van der Waals surface area contributed by atoms with Crippen molar-refractivity contribution in [2.24, 2.45) is 0 Å². The summed E-state index contributed by atoms with van der Waals surface area (Å²) in [4.78, 5) is 15.7. The summed E-state index contributed by atoms with van der Waals surface area (Å²) in [6.45, 7) is 0.299. The van der Waals surface area contributed by atoms with E-state index in [2.05, 4.69) is 31.4 Å². The number of hydrogen-bond acceptors (Lipinski definition) is 4. The Morgan fingerprint density at radius 3 is 3.00 bits per heavy atom. The maximum absolute atomic E-state index is 11.6. The van der Waals surface area contributed by atoms with Crippen molar-refractivity contribution >= 4 is 21.8 Å². The average molecular weight is 282 g/mol. The molecule has 2 aromatic heterocycles.